The van der Waals surface area contributed by atoms with Crippen LogP contribution in [0, 0.1) is 0 Å². The third-order valence-electron chi connectivity index (χ3n) is 7.59. The smallest absolute Gasteiger partial charge is 0.410 e. The van der Waals surface area contributed by atoms with Gasteiger partial charge in [0.1, 0.15) is 18.8 Å². The molecule has 0 radical (unpaired) electrons. The average molecular weight is 578 g/mol. The molecule has 0 saturated carbocycles. The largest absolute Gasteiger partial charge is 0.445 e. The van der Waals surface area contributed by atoms with Crippen LogP contribution >= 0.6 is 0 Å². The molecule has 6 heteroatoms. The lowest BCUT2D eigenvalue weighted by molar-refractivity contribution is -0.0861. The first-order valence-corrected chi connectivity index (χ1v) is 14.8. The summed E-state index contributed by atoms with van der Waals surface area (Å²) in [5, 5.41) is 0. The Balaban J connectivity index is 1.42. The van der Waals surface area contributed by atoms with Crippen LogP contribution in [0.1, 0.15) is 28.7 Å². The first kappa shape index (κ1) is 30.2. The second-order valence-electron chi connectivity index (χ2n) is 10.6. The van der Waals surface area contributed by atoms with Crippen molar-refractivity contribution in [3.63, 3.8) is 0 Å². The second kappa shape index (κ2) is 15.8. The van der Waals surface area contributed by atoms with Gasteiger partial charge in [-0.1, -0.05) is 127 Å². The van der Waals surface area contributed by atoms with Crippen LogP contribution in [-0.4, -0.2) is 41.9 Å². The third kappa shape index (κ3) is 8.42. The van der Waals surface area contributed by atoms with Crippen molar-refractivity contribution in [3.05, 3.63) is 156 Å². The Hall–Kier alpha value is -4.23. The van der Waals surface area contributed by atoms with E-state index in [1.165, 1.54) is 0 Å². The number of nitrogens with zero attached hydrogens (tertiary/aromatic N) is 1. The second-order valence-corrected chi connectivity index (χ2v) is 10.6. The van der Waals surface area contributed by atoms with Crippen LogP contribution in [0.4, 0.5) is 4.79 Å². The zero-order valence-electron chi connectivity index (χ0n) is 24.4. The lowest BCUT2D eigenvalue weighted by Gasteiger charge is -2.30. The summed E-state index contributed by atoms with van der Waals surface area (Å²) in [4.78, 5) is 15.7. The number of rotatable bonds is 14. The molecule has 4 atom stereocenters. The number of likely N-dealkylation sites (tertiary alicyclic amines) is 1. The molecular formula is C37H39NO5. The highest BCUT2D eigenvalue weighted by molar-refractivity contribution is 5.69. The Morgan fingerprint density at radius 1 is 0.605 bits per heavy atom. The summed E-state index contributed by atoms with van der Waals surface area (Å²) in [5.41, 5.74) is 4.06. The van der Waals surface area contributed by atoms with E-state index in [2.05, 4.69) is 6.58 Å². The van der Waals surface area contributed by atoms with E-state index in [0.29, 0.717) is 26.2 Å². The highest BCUT2D eigenvalue weighted by atomic mass is 16.6. The molecule has 1 fully saturated rings. The summed E-state index contributed by atoms with van der Waals surface area (Å²) in [5.74, 6) is 0. The normalized spacial score (nSPS) is 19.7. The molecule has 1 aliphatic rings. The lowest BCUT2D eigenvalue weighted by Crippen LogP contribution is -2.46. The molecule has 6 nitrogen and oxygen atoms in total. The number of hydrogen-bond donors (Lipinski definition) is 0. The Labute approximate surface area is 254 Å². The number of carbonyl (C=O) groups excluding carboxylic acids is 1. The van der Waals surface area contributed by atoms with Gasteiger partial charge in [0.2, 0.25) is 0 Å². The minimum atomic E-state index is -0.464. The van der Waals surface area contributed by atoms with Gasteiger partial charge < -0.3 is 18.9 Å². The first-order chi connectivity index (χ1) is 21.2. The predicted octanol–water partition coefficient (Wildman–Crippen LogP) is 7.34. The highest BCUT2D eigenvalue weighted by Gasteiger charge is 2.52. The monoisotopic (exact) mass is 577 g/mol. The van der Waals surface area contributed by atoms with Crippen LogP contribution in [0.25, 0.3) is 0 Å². The molecule has 0 aliphatic carbocycles. The predicted molar refractivity (Wildman–Crippen MR) is 167 cm³/mol. The SMILES string of the molecule is C=CC[C@H]1[C@H](OCc2ccccc2)[C@H](OCc2ccccc2)[C@H](COCc2ccccc2)N1C(=O)OCc1ccccc1. The van der Waals surface area contributed by atoms with Gasteiger partial charge >= 0.3 is 6.09 Å². The molecule has 5 rings (SSSR count). The molecule has 4 aromatic carbocycles. The van der Waals surface area contributed by atoms with Gasteiger partial charge in [0.15, 0.2) is 0 Å². The van der Waals surface area contributed by atoms with Gasteiger partial charge in [-0.2, -0.15) is 0 Å². The topological polar surface area (TPSA) is 57.2 Å². The molecule has 1 aliphatic heterocycles. The average Bonchev–Trinajstić information content (AvgIpc) is 3.35. The molecule has 43 heavy (non-hydrogen) atoms. The number of ether oxygens (including phenoxy) is 4. The van der Waals surface area contributed by atoms with Crippen molar-refractivity contribution in [1.29, 1.82) is 0 Å². The molecule has 1 heterocycles. The number of hydrogen-bond acceptors (Lipinski definition) is 5. The van der Waals surface area contributed by atoms with Gasteiger partial charge in [-0.25, -0.2) is 4.79 Å². The van der Waals surface area contributed by atoms with E-state index >= 15 is 0 Å². The van der Waals surface area contributed by atoms with Gasteiger partial charge in [0, 0.05) is 0 Å². The molecule has 4 aromatic rings. The quantitative estimate of drug-likeness (QED) is 0.147. The van der Waals surface area contributed by atoms with E-state index < -0.39 is 24.3 Å². The van der Waals surface area contributed by atoms with Gasteiger partial charge in [-0.15, -0.1) is 6.58 Å². The van der Waals surface area contributed by atoms with E-state index in [0.717, 1.165) is 22.3 Å². The molecule has 0 bridgehead atoms. The van der Waals surface area contributed by atoms with E-state index in [-0.39, 0.29) is 19.3 Å². The maximum Gasteiger partial charge on any atom is 0.410 e. The summed E-state index contributed by atoms with van der Waals surface area (Å²) < 4.78 is 25.4. The fourth-order valence-electron chi connectivity index (χ4n) is 5.48. The third-order valence-corrected chi connectivity index (χ3v) is 7.59. The van der Waals surface area contributed by atoms with Crippen LogP contribution < -0.4 is 0 Å². The van der Waals surface area contributed by atoms with Gasteiger partial charge in [-0.05, 0) is 28.7 Å². The van der Waals surface area contributed by atoms with Crippen molar-refractivity contribution in [1.82, 2.24) is 4.90 Å². The van der Waals surface area contributed by atoms with E-state index in [1.807, 2.05) is 127 Å². The zero-order valence-corrected chi connectivity index (χ0v) is 24.4. The van der Waals surface area contributed by atoms with Crippen LogP contribution in [0.15, 0.2) is 134 Å². The molecule has 0 spiro atoms. The van der Waals surface area contributed by atoms with Crippen molar-refractivity contribution >= 4 is 6.09 Å². The van der Waals surface area contributed by atoms with E-state index in [9.17, 15) is 4.79 Å². The molecule has 1 saturated heterocycles. The highest BCUT2D eigenvalue weighted by Crippen LogP contribution is 2.35. The maximum absolute atomic E-state index is 13.9. The Morgan fingerprint density at radius 3 is 1.49 bits per heavy atom. The van der Waals surface area contributed by atoms with Gasteiger partial charge in [0.05, 0.1) is 38.5 Å². The Bertz CT molecular complexity index is 1380. The number of amides is 1. The van der Waals surface area contributed by atoms with Gasteiger partial charge in [0.25, 0.3) is 0 Å². The first-order valence-electron chi connectivity index (χ1n) is 14.8. The van der Waals surface area contributed by atoms with Crippen molar-refractivity contribution in [2.75, 3.05) is 6.61 Å². The number of benzene rings is 4. The lowest BCUT2D eigenvalue weighted by atomic mass is 10.0. The standard InChI is InChI=1S/C37H39NO5/c1-2-15-33-35(41-25-30-18-9-4-10-19-30)36(42-26-31-20-11-5-12-21-31)34(28-40-24-29-16-7-3-8-17-29)38(33)37(39)43-27-32-22-13-6-14-23-32/h2-14,16-23,33-36H,1,15,24-28H2/t33-,34-,35-,36+/m0/s1. The summed E-state index contributed by atoms with van der Waals surface area (Å²) >= 11 is 0. The summed E-state index contributed by atoms with van der Waals surface area (Å²) in [6.07, 6.45) is 1.01. The van der Waals surface area contributed by atoms with Crippen LogP contribution in [0.3, 0.4) is 0 Å². The minimum Gasteiger partial charge on any atom is -0.445 e. The van der Waals surface area contributed by atoms with E-state index in [4.69, 9.17) is 18.9 Å². The van der Waals surface area contributed by atoms with Gasteiger partial charge in [-0.3, -0.25) is 4.90 Å². The molecule has 222 valence electrons. The van der Waals surface area contributed by atoms with Crippen molar-refractivity contribution in [2.45, 2.75) is 57.1 Å². The van der Waals surface area contributed by atoms with Crippen LogP contribution in [0.2, 0.25) is 0 Å². The Kier molecular flexibility index (Phi) is 11.1. The maximum atomic E-state index is 13.9. The summed E-state index contributed by atoms with van der Waals surface area (Å²) in [7, 11) is 0. The van der Waals surface area contributed by atoms with Crippen LogP contribution in [0.5, 0.6) is 0 Å². The van der Waals surface area contributed by atoms with Crippen LogP contribution in [-0.2, 0) is 45.4 Å². The zero-order chi connectivity index (χ0) is 29.7. The summed E-state index contributed by atoms with van der Waals surface area (Å²) in [6, 6.07) is 38.9. The fourth-order valence-corrected chi connectivity index (χ4v) is 5.48. The number of carbonyl (C=O) groups is 1. The fraction of sp³-hybridized carbons (Fsp3) is 0.270. The van der Waals surface area contributed by atoms with Crippen molar-refractivity contribution < 1.29 is 23.7 Å². The summed E-state index contributed by atoms with van der Waals surface area (Å²) in [6.45, 7) is 5.60. The molecule has 0 unspecified atom stereocenters. The van der Waals surface area contributed by atoms with E-state index in [1.54, 1.807) is 4.90 Å². The molecule has 0 aromatic heterocycles. The molecule has 1 amide bonds. The molecule has 0 N–H and O–H groups in total. The van der Waals surface area contributed by atoms with Crippen molar-refractivity contribution in [3.8, 4) is 0 Å². The Morgan fingerprint density at radius 2 is 1.02 bits per heavy atom. The van der Waals surface area contributed by atoms with Crippen molar-refractivity contribution in [2.24, 2.45) is 0 Å². The molecular weight excluding hydrogens is 538 g/mol. The minimum absolute atomic E-state index is 0.166.